The Kier molecular flexibility index (Phi) is 9.09. The second kappa shape index (κ2) is 10.6. The van der Waals surface area contributed by atoms with Gasteiger partial charge in [0.2, 0.25) is 0 Å². The van der Waals surface area contributed by atoms with Crippen LogP contribution in [0.2, 0.25) is 0 Å². The zero-order valence-corrected chi connectivity index (χ0v) is 17.7. The van der Waals surface area contributed by atoms with Gasteiger partial charge in [-0.3, -0.25) is 0 Å². The minimum absolute atomic E-state index is 0. The predicted molar refractivity (Wildman–Crippen MR) is 102 cm³/mol. The van der Waals surface area contributed by atoms with Crippen LogP contribution in [0.25, 0.3) is 0 Å². The molecule has 2 aromatic rings. The number of aromatic carboxylic acids is 1. The Hall–Kier alpha value is -1.94. The molecule has 1 heterocycles. The van der Waals surface area contributed by atoms with Gasteiger partial charge in [0, 0.05) is 30.5 Å². The summed E-state index contributed by atoms with van der Waals surface area (Å²) in [6.07, 6.45) is -0.324. The van der Waals surface area contributed by atoms with Crippen molar-refractivity contribution in [1.82, 2.24) is 4.90 Å². The first-order valence-electron chi connectivity index (χ1n) is 8.62. The van der Waals surface area contributed by atoms with E-state index in [0.29, 0.717) is 13.0 Å². The van der Waals surface area contributed by atoms with Crippen molar-refractivity contribution in [2.24, 2.45) is 0 Å². The van der Waals surface area contributed by atoms with Gasteiger partial charge in [-0.25, -0.2) is 4.79 Å². The van der Waals surface area contributed by atoms with E-state index in [0.717, 1.165) is 4.88 Å². The van der Waals surface area contributed by atoms with E-state index < -0.39 is 23.8 Å². The molecular weight excluding hydrogens is 373 g/mol. The van der Waals surface area contributed by atoms with Gasteiger partial charge >= 0.3 is 25.0 Å². The van der Waals surface area contributed by atoms with Crippen LogP contribution >= 0.6 is 11.3 Å². The van der Waals surface area contributed by atoms with Gasteiger partial charge in [0.25, 0.3) is 0 Å². The third kappa shape index (κ3) is 7.23. The number of para-hydroxylation sites is 1. The maximum atomic E-state index is 12.1. The first kappa shape index (κ1) is 24.1. The molecule has 8 heteroatoms. The van der Waals surface area contributed by atoms with Gasteiger partial charge in [-0.05, 0) is 44.4 Å². The molecule has 1 aromatic carbocycles. The van der Waals surface area contributed by atoms with E-state index in [1.54, 1.807) is 25.2 Å². The Morgan fingerprint density at radius 3 is 2.43 bits per heavy atom. The normalized spacial score (nSPS) is 11.9. The van der Waals surface area contributed by atoms with Crippen molar-refractivity contribution in [3.05, 3.63) is 52.2 Å². The van der Waals surface area contributed by atoms with E-state index in [2.05, 4.69) is 0 Å². The molecule has 0 aliphatic carbocycles. The summed E-state index contributed by atoms with van der Waals surface area (Å²) in [5, 5.41) is 13.2. The number of benzene rings is 1. The van der Waals surface area contributed by atoms with Crippen LogP contribution in [0.3, 0.4) is 0 Å². The average Bonchev–Trinajstić information content (AvgIpc) is 3.11. The summed E-state index contributed by atoms with van der Waals surface area (Å²) in [6.45, 7) is 5.83. The van der Waals surface area contributed by atoms with Gasteiger partial charge in [-0.1, -0.05) is 18.2 Å². The van der Waals surface area contributed by atoms with Crippen LogP contribution in [0.4, 0.5) is 4.79 Å². The van der Waals surface area contributed by atoms with Gasteiger partial charge in [0.15, 0.2) is 0 Å². The van der Waals surface area contributed by atoms with E-state index in [1.807, 2.05) is 38.3 Å². The van der Waals surface area contributed by atoms with Gasteiger partial charge in [0.05, 0.1) is 5.97 Å². The van der Waals surface area contributed by atoms with Crippen LogP contribution in [0.15, 0.2) is 41.8 Å². The Bertz CT molecular complexity index is 773. The predicted octanol–water partition coefficient (Wildman–Crippen LogP) is 0.493. The summed E-state index contributed by atoms with van der Waals surface area (Å²) in [4.78, 5) is 25.9. The molecule has 0 radical (unpaired) electrons. The van der Waals surface area contributed by atoms with Crippen LogP contribution in [-0.4, -0.2) is 36.2 Å². The molecule has 2 rings (SSSR count). The molecule has 28 heavy (non-hydrogen) atoms. The van der Waals surface area contributed by atoms with E-state index >= 15 is 0 Å². The van der Waals surface area contributed by atoms with E-state index in [1.165, 1.54) is 22.3 Å². The summed E-state index contributed by atoms with van der Waals surface area (Å²) in [6, 6.07) is 10.2. The molecule has 1 atom stereocenters. The Labute approximate surface area is 181 Å². The Balaban J connectivity index is 0.00000392. The average molecular weight is 397 g/mol. The summed E-state index contributed by atoms with van der Waals surface area (Å²) in [5.74, 6) is -1.04. The molecule has 0 saturated carbocycles. The molecule has 0 spiro atoms. The first-order chi connectivity index (χ1) is 12.7. The number of rotatable bonds is 7. The van der Waals surface area contributed by atoms with E-state index in [4.69, 9.17) is 9.47 Å². The van der Waals surface area contributed by atoms with Crippen LogP contribution < -0.4 is 28.7 Å². The molecule has 1 aromatic heterocycles. The van der Waals surface area contributed by atoms with Crippen molar-refractivity contribution in [2.45, 2.75) is 38.9 Å². The number of hydrogen-bond donors (Lipinski definition) is 0. The third-order valence-corrected chi connectivity index (χ3v) is 4.63. The van der Waals surface area contributed by atoms with Crippen LogP contribution in [0.5, 0.6) is 5.75 Å². The molecule has 0 bridgehead atoms. The third-order valence-electron chi connectivity index (χ3n) is 3.67. The van der Waals surface area contributed by atoms with Gasteiger partial charge in [0.1, 0.15) is 17.5 Å². The molecule has 0 fully saturated rings. The fourth-order valence-electron chi connectivity index (χ4n) is 2.37. The molecule has 1 unspecified atom stereocenters. The van der Waals surface area contributed by atoms with Crippen molar-refractivity contribution in [3.8, 4) is 5.75 Å². The number of hydrogen-bond acceptors (Lipinski definition) is 6. The minimum atomic E-state index is -1.29. The topological polar surface area (TPSA) is 78.9 Å². The summed E-state index contributed by atoms with van der Waals surface area (Å²) in [7, 11) is 1.66. The van der Waals surface area contributed by atoms with Crippen molar-refractivity contribution in [2.75, 3.05) is 13.6 Å². The standard InChI is InChI=1S/C20H25NO5S.Li/c1-20(2,3)26-19(24)21(4)12-11-16(17-10-7-13-27-17)25-15-9-6-5-8-14(15)18(22)23;/h5-10,13,16H,11-12H2,1-4H3,(H,22,23);/q;+1/p-1. The number of carbonyl (C=O) groups is 2. The Morgan fingerprint density at radius 1 is 1.18 bits per heavy atom. The largest absolute Gasteiger partial charge is 1.00 e. The monoisotopic (exact) mass is 397 g/mol. The molecule has 1 amide bonds. The van der Waals surface area contributed by atoms with Crippen molar-refractivity contribution in [1.29, 1.82) is 0 Å². The van der Waals surface area contributed by atoms with Crippen LogP contribution in [-0.2, 0) is 4.74 Å². The van der Waals surface area contributed by atoms with Crippen LogP contribution in [0, 0.1) is 0 Å². The van der Waals surface area contributed by atoms with Gasteiger partial charge in [-0.15, -0.1) is 11.3 Å². The van der Waals surface area contributed by atoms with Gasteiger partial charge < -0.3 is 24.3 Å². The number of thiophene rings is 1. The van der Waals surface area contributed by atoms with Crippen molar-refractivity contribution >= 4 is 23.4 Å². The molecule has 0 N–H and O–H groups in total. The van der Waals surface area contributed by atoms with E-state index in [-0.39, 0.29) is 30.2 Å². The Morgan fingerprint density at radius 2 is 1.86 bits per heavy atom. The zero-order valence-electron chi connectivity index (χ0n) is 16.9. The molecular formula is C20H24LiNO5S. The summed E-state index contributed by atoms with van der Waals surface area (Å²) >= 11 is 1.51. The van der Waals surface area contributed by atoms with Crippen molar-refractivity contribution < 1.29 is 43.0 Å². The molecule has 146 valence electrons. The molecule has 6 nitrogen and oxygen atoms in total. The second-order valence-electron chi connectivity index (χ2n) is 7.10. The SMILES string of the molecule is CN(CCC(Oc1ccccc1C(=O)[O-])c1cccs1)C(=O)OC(C)(C)C.[Li+]. The number of amides is 1. The molecule has 0 saturated heterocycles. The zero-order chi connectivity index (χ0) is 20.0. The minimum Gasteiger partial charge on any atom is -0.545 e. The maximum absolute atomic E-state index is 12.1. The second-order valence-corrected chi connectivity index (χ2v) is 8.08. The smallest absolute Gasteiger partial charge is 0.545 e. The quantitative estimate of drug-likeness (QED) is 0.636. The first-order valence-corrected chi connectivity index (χ1v) is 9.50. The molecule has 0 aliphatic rings. The van der Waals surface area contributed by atoms with Crippen LogP contribution in [0.1, 0.15) is 48.5 Å². The number of carbonyl (C=O) groups excluding carboxylic acids is 2. The summed E-state index contributed by atoms with van der Waals surface area (Å²) < 4.78 is 11.3. The fraction of sp³-hybridized carbons (Fsp3) is 0.400. The fourth-order valence-corrected chi connectivity index (χ4v) is 3.16. The number of ether oxygens (including phenoxy) is 2. The van der Waals surface area contributed by atoms with E-state index in [9.17, 15) is 14.7 Å². The number of carboxylic acid groups (broad SMARTS) is 1. The number of nitrogens with zero attached hydrogens (tertiary/aromatic N) is 1. The van der Waals surface area contributed by atoms with Gasteiger partial charge in [-0.2, -0.15) is 0 Å². The maximum Gasteiger partial charge on any atom is 1.00 e. The number of carboxylic acids is 1. The molecule has 0 aliphatic heterocycles. The summed E-state index contributed by atoms with van der Waals surface area (Å²) in [5.41, 5.74) is -0.567. The van der Waals surface area contributed by atoms with Crippen molar-refractivity contribution in [3.63, 3.8) is 0 Å².